The molecule has 3 aromatic rings. The molecule has 0 amide bonds. The molecule has 0 atom stereocenters. The van der Waals surface area contributed by atoms with Crippen molar-refractivity contribution in [3.8, 4) is 22.3 Å². The Kier molecular flexibility index (Phi) is 5.60. The maximum Gasteiger partial charge on any atom is 0.255 e. The van der Waals surface area contributed by atoms with Crippen molar-refractivity contribution < 1.29 is 0 Å². The van der Waals surface area contributed by atoms with E-state index >= 15 is 0 Å². The highest BCUT2D eigenvalue weighted by Crippen LogP contribution is 2.42. The zero-order chi connectivity index (χ0) is 18.3. The summed E-state index contributed by atoms with van der Waals surface area (Å²) < 4.78 is 0. The van der Waals surface area contributed by atoms with Crippen LogP contribution in [0.5, 0.6) is 0 Å². The SMILES string of the molecule is O=c1[nH]cc(-c2c(Cl)ccc(Cl)c2Cl)cc1-c1c(Cl)ccc(Cl)c1Cl. The summed E-state index contributed by atoms with van der Waals surface area (Å²) in [5.74, 6) is 0. The van der Waals surface area contributed by atoms with E-state index in [1.165, 1.54) is 6.20 Å². The Morgan fingerprint density at radius 1 is 0.680 bits per heavy atom. The van der Waals surface area contributed by atoms with Gasteiger partial charge in [-0.3, -0.25) is 4.79 Å². The van der Waals surface area contributed by atoms with E-state index in [9.17, 15) is 4.79 Å². The van der Waals surface area contributed by atoms with E-state index in [1.54, 1.807) is 30.3 Å². The number of hydrogen-bond donors (Lipinski definition) is 1. The Morgan fingerprint density at radius 3 is 1.76 bits per heavy atom. The first-order valence-electron chi connectivity index (χ1n) is 6.81. The molecule has 3 rings (SSSR count). The van der Waals surface area contributed by atoms with E-state index in [2.05, 4.69) is 4.98 Å². The quantitative estimate of drug-likeness (QED) is 0.397. The van der Waals surface area contributed by atoms with Crippen LogP contribution in [0, 0.1) is 0 Å². The van der Waals surface area contributed by atoms with Gasteiger partial charge in [-0.15, -0.1) is 0 Å². The first-order chi connectivity index (χ1) is 11.8. The predicted molar refractivity (Wildman–Crippen MR) is 108 cm³/mol. The first-order valence-corrected chi connectivity index (χ1v) is 9.08. The van der Waals surface area contributed by atoms with E-state index in [4.69, 9.17) is 69.6 Å². The molecule has 0 saturated carbocycles. The summed E-state index contributed by atoms with van der Waals surface area (Å²) >= 11 is 37.1. The Balaban J connectivity index is 2.31. The number of halogens is 6. The van der Waals surface area contributed by atoms with Crippen LogP contribution in [0.2, 0.25) is 30.1 Å². The summed E-state index contributed by atoms with van der Waals surface area (Å²) in [5, 5.41) is 1.75. The van der Waals surface area contributed by atoms with Crippen LogP contribution >= 0.6 is 69.6 Å². The average molecular weight is 454 g/mol. The van der Waals surface area contributed by atoms with E-state index in [0.717, 1.165) is 0 Å². The Labute approximate surface area is 173 Å². The Morgan fingerprint density at radius 2 is 1.16 bits per heavy atom. The van der Waals surface area contributed by atoms with Crippen molar-refractivity contribution in [1.29, 1.82) is 0 Å². The van der Waals surface area contributed by atoms with Gasteiger partial charge < -0.3 is 4.98 Å². The number of aromatic nitrogens is 1. The molecule has 1 heterocycles. The van der Waals surface area contributed by atoms with Crippen molar-refractivity contribution in [3.63, 3.8) is 0 Å². The van der Waals surface area contributed by atoms with E-state index in [-0.39, 0.29) is 26.2 Å². The molecule has 0 saturated heterocycles. The standard InChI is InChI=1S/C17H7Cl6NO/c18-9-1-3-11(20)15(22)13(9)7-5-8(17(25)24-6-7)14-10(19)2-4-12(21)16(14)23/h1-6H,(H,24,25). The van der Waals surface area contributed by atoms with Crippen LogP contribution in [-0.4, -0.2) is 4.98 Å². The second-order valence-corrected chi connectivity index (χ2v) is 7.45. The molecule has 0 bridgehead atoms. The van der Waals surface area contributed by atoms with Gasteiger partial charge in [-0.1, -0.05) is 69.6 Å². The van der Waals surface area contributed by atoms with Crippen LogP contribution in [0.4, 0.5) is 0 Å². The maximum atomic E-state index is 12.3. The summed E-state index contributed by atoms with van der Waals surface area (Å²) in [7, 11) is 0. The molecule has 0 aliphatic carbocycles. The zero-order valence-electron chi connectivity index (χ0n) is 12.1. The summed E-state index contributed by atoms with van der Waals surface area (Å²) in [5.41, 5.74) is 1.22. The van der Waals surface area contributed by atoms with Crippen LogP contribution in [-0.2, 0) is 0 Å². The van der Waals surface area contributed by atoms with Crippen LogP contribution in [0.1, 0.15) is 0 Å². The van der Waals surface area contributed by atoms with Crippen molar-refractivity contribution in [1.82, 2.24) is 4.98 Å². The molecule has 8 heteroatoms. The lowest BCUT2D eigenvalue weighted by molar-refractivity contribution is 1.24. The van der Waals surface area contributed by atoms with Crippen LogP contribution in [0.3, 0.4) is 0 Å². The number of aromatic amines is 1. The third kappa shape index (κ3) is 3.52. The van der Waals surface area contributed by atoms with E-state index in [1.807, 2.05) is 0 Å². The summed E-state index contributed by atoms with van der Waals surface area (Å²) in [6, 6.07) is 7.92. The van der Waals surface area contributed by atoms with Crippen molar-refractivity contribution in [3.05, 3.63) is 77.0 Å². The van der Waals surface area contributed by atoms with Crippen LogP contribution in [0.15, 0.2) is 41.3 Å². The second kappa shape index (κ2) is 7.40. The number of hydrogen-bond acceptors (Lipinski definition) is 1. The highest BCUT2D eigenvalue weighted by molar-refractivity contribution is 6.47. The summed E-state index contributed by atoms with van der Waals surface area (Å²) in [6.45, 7) is 0. The lowest BCUT2D eigenvalue weighted by Gasteiger charge is -2.12. The molecule has 1 N–H and O–H groups in total. The lowest BCUT2D eigenvalue weighted by atomic mass is 10.0. The third-order valence-electron chi connectivity index (χ3n) is 3.55. The largest absolute Gasteiger partial charge is 0.328 e. The number of H-pyrrole nitrogens is 1. The molecule has 128 valence electrons. The molecule has 2 aromatic carbocycles. The number of benzene rings is 2. The van der Waals surface area contributed by atoms with Gasteiger partial charge in [0, 0.05) is 22.9 Å². The van der Waals surface area contributed by atoms with Crippen LogP contribution in [0.25, 0.3) is 22.3 Å². The monoisotopic (exact) mass is 451 g/mol. The molecule has 0 aliphatic rings. The van der Waals surface area contributed by atoms with Crippen molar-refractivity contribution in [2.75, 3.05) is 0 Å². The molecule has 2 nitrogen and oxygen atoms in total. The topological polar surface area (TPSA) is 32.9 Å². The first kappa shape index (κ1) is 18.9. The third-order valence-corrected chi connectivity index (χ3v) is 5.79. The number of nitrogens with one attached hydrogen (secondary N) is 1. The van der Waals surface area contributed by atoms with Gasteiger partial charge in [0.25, 0.3) is 5.56 Å². The highest BCUT2D eigenvalue weighted by atomic mass is 35.5. The fourth-order valence-corrected chi connectivity index (χ4v) is 3.86. The maximum absolute atomic E-state index is 12.3. The van der Waals surface area contributed by atoms with E-state index in [0.29, 0.717) is 31.8 Å². The van der Waals surface area contributed by atoms with Gasteiger partial charge in [-0.05, 0) is 30.3 Å². The molecule has 1 aromatic heterocycles. The van der Waals surface area contributed by atoms with Gasteiger partial charge in [0.05, 0.1) is 35.7 Å². The normalized spacial score (nSPS) is 11.0. The van der Waals surface area contributed by atoms with Crippen LogP contribution < -0.4 is 5.56 Å². The Bertz CT molecular complexity index is 1040. The van der Waals surface area contributed by atoms with Crippen molar-refractivity contribution in [2.45, 2.75) is 0 Å². The summed E-state index contributed by atoms with van der Waals surface area (Å²) in [6.07, 6.45) is 1.49. The van der Waals surface area contributed by atoms with Gasteiger partial charge >= 0.3 is 0 Å². The minimum Gasteiger partial charge on any atom is -0.328 e. The molecule has 0 aliphatic heterocycles. The van der Waals surface area contributed by atoms with Crippen molar-refractivity contribution >= 4 is 69.6 Å². The fourth-order valence-electron chi connectivity index (χ4n) is 2.38. The molecule has 0 unspecified atom stereocenters. The second-order valence-electron chi connectivity index (χ2n) is 5.07. The van der Waals surface area contributed by atoms with Gasteiger partial charge in [-0.25, -0.2) is 0 Å². The van der Waals surface area contributed by atoms with E-state index < -0.39 is 0 Å². The summed E-state index contributed by atoms with van der Waals surface area (Å²) in [4.78, 5) is 15.0. The minimum atomic E-state index is -0.385. The lowest BCUT2D eigenvalue weighted by Crippen LogP contribution is -2.09. The molecule has 0 fully saturated rings. The molecule has 25 heavy (non-hydrogen) atoms. The Hall–Kier alpha value is -0.870. The van der Waals surface area contributed by atoms with Gasteiger partial charge in [0.2, 0.25) is 0 Å². The van der Waals surface area contributed by atoms with Gasteiger partial charge in [0.1, 0.15) is 0 Å². The van der Waals surface area contributed by atoms with Gasteiger partial charge in [0.15, 0.2) is 0 Å². The molecular formula is C17H7Cl6NO. The molecular weight excluding hydrogens is 447 g/mol. The number of pyridine rings is 1. The zero-order valence-corrected chi connectivity index (χ0v) is 16.7. The average Bonchev–Trinajstić information content (AvgIpc) is 2.57. The molecule has 0 radical (unpaired) electrons. The fraction of sp³-hybridized carbons (Fsp3) is 0. The minimum absolute atomic E-state index is 0.181. The predicted octanol–water partition coefficient (Wildman–Crippen LogP) is 7.63. The molecule has 0 spiro atoms. The van der Waals surface area contributed by atoms with Gasteiger partial charge in [-0.2, -0.15) is 0 Å². The van der Waals surface area contributed by atoms with Crippen molar-refractivity contribution in [2.24, 2.45) is 0 Å². The smallest absolute Gasteiger partial charge is 0.255 e. The highest BCUT2D eigenvalue weighted by Gasteiger charge is 2.18. The number of rotatable bonds is 2.